The van der Waals surface area contributed by atoms with Gasteiger partial charge in [0.25, 0.3) is 5.91 Å². The number of methoxy groups -OCH3 is 1. The number of hydrogen-bond acceptors (Lipinski definition) is 5. The summed E-state index contributed by atoms with van der Waals surface area (Å²) in [6.07, 6.45) is 1.80. The minimum absolute atomic E-state index is 0.0748. The van der Waals surface area contributed by atoms with Gasteiger partial charge in [0.05, 0.1) is 21.3 Å². The Hall–Kier alpha value is -2.00. The Morgan fingerprint density at radius 1 is 1.31 bits per heavy atom. The van der Waals surface area contributed by atoms with Gasteiger partial charge < -0.3 is 9.84 Å². The molecular weight excluding hydrogens is 463 g/mol. The molecule has 1 aliphatic rings. The van der Waals surface area contributed by atoms with Gasteiger partial charge in [-0.2, -0.15) is 0 Å². The van der Waals surface area contributed by atoms with Crippen LogP contribution in [0.1, 0.15) is 12.5 Å². The molecule has 3 rings (SSSR count). The quantitative estimate of drug-likeness (QED) is 0.512. The van der Waals surface area contributed by atoms with Crippen LogP contribution in [0, 0.1) is 3.57 Å². The second kappa shape index (κ2) is 8.13. The number of amides is 1. The number of hydrogen-bond donors (Lipinski definition) is 1. The number of likely N-dealkylation sites (N-methyl/N-ethyl adjacent to an activating group) is 1. The highest BCUT2D eigenvalue weighted by molar-refractivity contribution is 14.1. The number of aromatic hydroxyl groups is 1. The first-order valence-corrected chi connectivity index (χ1v) is 9.84. The number of para-hydroxylation sites is 1. The first-order chi connectivity index (χ1) is 12.5. The molecule has 1 fully saturated rings. The number of phenols is 1. The fourth-order valence-corrected chi connectivity index (χ4v) is 4.16. The van der Waals surface area contributed by atoms with E-state index >= 15 is 0 Å². The first-order valence-electron chi connectivity index (χ1n) is 7.95. The summed E-state index contributed by atoms with van der Waals surface area (Å²) in [6.45, 7) is 2.47. The largest absolute Gasteiger partial charge is 0.504 e. The smallest absolute Gasteiger partial charge is 0.266 e. The van der Waals surface area contributed by atoms with Crippen LogP contribution in [-0.2, 0) is 4.79 Å². The van der Waals surface area contributed by atoms with E-state index in [1.807, 2.05) is 65.9 Å². The molecule has 134 valence electrons. The van der Waals surface area contributed by atoms with E-state index in [2.05, 4.69) is 4.99 Å². The second-order valence-electron chi connectivity index (χ2n) is 5.44. The lowest BCUT2D eigenvalue weighted by Crippen LogP contribution is -2.28. The minimum Gasteiger partial charge on any atom is -0.504 e. The molecule has 0 radical (unpaired) electrons. The fourth-order valence-electron chi connectivity index (χ4n) is 2.47. The average Bonchev–Trinajstić information content (AvgIpc) is 2.93. The maximum absolute atomic E-state index is 12.7. The highest BCUT2D eigenvalue weighted by atomic mass is 127. The van der Waals surface area contributed by atoms with Gasteiger partial charge in [0.15, 0.2) is 16.7 Å². The molecular formula is C19H17IN2O3S. The molecule has 0 atom stereocenters. The van der Waals surface area contributed by atoms with Crippen LogP contribution >= 0.6 is 34.4 Å². The Kier molecular flexibility index (Phi) is 5.87. The number of aliphatic imine (C=N–C) groups is 1. The van der Waals surface area contributed by atoms with Crippen molar-refractivity contribution in [3.8, 4) is 11.5 Å². The summed E-state index contributed by atoms with van der Waals surface area (Å²) < 4.78 is 5.85. The van der Waals surface area contributed by atoms with Gasteiger partial charge in [0, 0.05) is 6.54 Å². The summed E-state index contributed by atoms with van der Waals surface area (Å²) >= 11 is 3.38. The zero-order valence-electron chi connectivity index (χ0n) is 14.3. The highest BCUT2D eigenvalue weighted by Crippen LogP contribution is 2.37. The van der Waals surface area contributed by atoms with Crippen molar-refractivity contribution >= 4 is 57.2 Å². The molecule has 2 aromatic carbocycles. The Morgan fingerprint density at radius 3 is 2.69 bits per heavy atom. The van der Waals surface area contributed by atoms with Crippen LogP contribution in [0.3, 0.4) is 0 Å². The normalized spacial score (nSPS) is 17.3. The summed E-state index contributed by atoms with van der Waals surface area (Å²) in [6, 6.07) is 13.1. The molecule has 0 saturated carbocycles. The monoisotopic (exact) mass is 480 g/mol. The zero-order chi connectivity index (χ0) is 18.7. The lowest BCUT2D eigenvalue weighted by Gasteiger charge is -2.11. The molecule has 0 spiro atoms. The van der Waals surface area contributed by atoms with E-state index in [0.29, 0.717) is 25.9 Å². The van der Waals surface area contributed by atoms with Crippen LogP contribution in [0.25, 0.3) is 6.08 Å². The lowest BCUT2D eigenvalue weighted by molar-refractivity contribution is -0.122. The van der Waals surface area contributed by atoms with Crippen LogP contribution < -0.4 is 4.74 Å². The van der Waals surface area contributed by atoms with Gasteiger partial charge >= 0.3 is 0 Å². The van der Waals surface area contributed by atoms with Crippen molar-refractivity contribution in [3.63, 3.8) is 0 Å². The molecule has 1 saturated heterocycles. The number of nitrogens with zero attached hydrogens (tertiary/aromatic N) is 2. The topological polar surface area (TPSA) is 62.1 Å². The van der Waals surface area contributed by atoms with Crippen molar-refractivity contribution in [1.82, 2.24) is 4.90 Å². The third-order valence-electron chi connectivity index (χ3n) is 3.75. The SMILES string of the molecule is CCN1C(=O)/C(=C\c2cc(I)c(O)c(OC)c2)SC1=Nc1ccccc1. The van der Waals surface area contributed by atoms with Crippen molar-refractivity contribution in [1.29, 1.82) is 0 Å². The number of rotatable bonds is 4. The Balaban J connectivity index is 1.97. The van der Waals surface area contributed by atoms with Crippen LogP contribution in [-0.4, -0.2) is 34.7 Å². The molecule has 1 heterocycles. The van der Waals surface area contributed by atoms with E-state index in [1.165, 1.54) is 18.9 Å². The lowest BCUT2D eigenvalue weighted by atomic mass is 10.2. The third kappa shape index (κ3) is 3.88. The molecule has 1 N–H and O–H groups in total. The van der Waals surface area contributed by atoms with Crippen molar-refractivity contribution in [2.45, 2.75) is 6.92 Å². The van der Waals surface area contributed by atoms with E-state index in [-0.39, 0.29) is 11.7 Å². The average molecular weight is 480 g/mol. The molecule has 1 aliphatic heterocycles. The number of halogens is 1. The summed E-state index contributed by atoms with van der Waals surface area (Å²) in [5.74, 6) is 0.404. The predicted octanol–water partition coefficient (Wildman–Crippen LogP) is 4.63. The van der Waals surface area contributed by atoms with Gasteiger partial charge in [-0.25, -0.2) is 4.99 Å². The maximum Gasteiger partial charge on any atom is 0.266 e. The molecule has 0 aromatic heterocycles. The van der Waals surface area contributed by atoms with E-state index in [0.717, 1.165) is 11.3 Å². The van der Waals surface area contributed by atoms with Crippen molar-refractivity contribution in [3.05, 3.63) is 56.5 Å². The molecule has 0 bridgehead atoms. The van der Waals surface area contributed by atoms with Crippen molar-refractivity contribution < 1.29 is 14.6 Å². The van der Waals surface area contributed by atoms with E-state index in [1.54, 1.807) is 17.0 Å². The maximum atomic E-state index is 12.7. The number of benzene rings is 2. The molecule has 1 amide bonds. The molecule has 7 heteroatoms. The summed E-state index contributed by atoms with van der Waals surface area (Å²) in [5, 5.41) is 10.6. The van der Waals surface area contributed by atoms with Crippen LogP contribution in [0.5, 0.6) is 11.5 Å². The van der Waals surface area contributed by atoms with Crippen LogP contribution in [0.4, 0.5) is 5.69 Å². The van der Waals surface area contributed by atoms with E-state index in [9.17, 15) is 9.90 Å². The molecule has 5 nitrogen and oxygen atoms in total. The zero-order valence-corrected chi connectivity index (χ0v) is 17.2. The van der Waals surface area contributed by atoms with Gasteiger partial charge in [-0.1, -0.05) is 18.2 Å². The first kappa shape index (κ1) is 18.8. The summed E-state index contributed by atoms with van der Waals surface area (Å²) in [7, 11) is 1.50. The number of phenolic OH excluding ortho intramolecular Hbond substituents is 1. The second-order valence-corrected chi connectivity index (χ2v) is 7.61. The Morgan fingerprint density at radius 2 is 2.04 bits per heavy atom. The predicted molar refractivity (Wildman–Crippen MR) is 114 cm³/mol. The van der Waals surface area contributed by atoms with Gasteiger partial charge in [0.2, 0.25) is 0 Å². The Bertz CT molecular complexity index is 897. The summed E-state index contributed by atoms with van der Waals surface area (Å²) in [5.41, 5.74) is 1.60. The number of ether oxygens (including phenoxy) is 1. The standard InChI is InChI=1S/C19H17IN2O3S/c1-3-22-18(24)16(26-19(22)21-13-7-5-4-6-8-13)11-12-9-14(20)17(23)15(10-12)25-2/h4-11,23H,3H2,1-2H3/b16-11+,21-19?. The molecule has 2 aromatic rings. The van der Waals surface area contributed by atoms with Crippen LogP contribution in [0.2, 0.25) is 0 Å². The van der Waals surface area contributed by atoms with Crippen LogP contribution in [0.15, 0.2) is 52.4 Å². The van der Waals surface area contributed by atoms with E-state index in [4.69, 9.17) is 4.74 Å². The Labute approximate surface area is 169 Å². The molecule has 26 heavy (non-hydrogen) atoms. The van der Waals surface area contributed by atoms with E-state index < -0.39 is 0 Å². The van der Waals surface area contributed by atoms with Crippen molar-refractivity contribution in [2.24, 2.45) is 4.99 Å². The fraction of sp³-hybridized carbons (Fsp3) is 0.158. The summed E-state index contributed by atoms with van der Waals surface area (Å²) in [4.78, 5) is 19.6. The minimum atomic E-state index is -0.0748. The van der Waals surface area contributed by atoms with Gasteiger partial charge in [0.1, 0.15) is 0 Å². The number of thioether (sulfide) groups is 1. The van der Waals surface area contributed by atoms with Crippen molar-refractivity contribution in [2.75, 3.05) is 13.7 Å². The number of carbonyl (C=O) groups excluding carboxylic acids is 1. The highest BCUT2D eigenvalue weighted by Gasteiger charge is 2.32. The number of amidine groups is 1. The number of carbonyl (C=O) groups is 1. The van der Waals surface area contributed by atoms with Gasteiger partial charge in [-0.15, -0.1) is 0 Å². The third-order valence-corrected chi connectivity index (χ3v) is 5.58. The van der Waals surface area contributed by atoms with Gasteiger partial charge in [-0.05, 0) is 77.2 Å². The van der Waals surface area contributed by atoms with Gasteiger partial charge in [-0.3, -0.25) is 9.69 Å². The molecule has 0 aliphatic carbocycles. The molecule has 0 unspecified atom stereocenters.